The van der Waals surface area contributed by atoms with Crippen molar-refractivity contribution in [2.45, 2.75) is 32.6 Å². The van der Waals surface area contributed by atoms with Gasteiger partial charge >= 0.3 is 0 Å². The fraction of sp³-hybridized carbons (Fsp3) is 0.571. The average molecular weight is 251 g/mol. The first kappa shape index (κ1) is 13.2. The summed E-state index contributed by atoms with van der Waals surface area (Å²) in [4.78, 5) is 2.31. The maximum atomic E-state index is 9.95. The van der Waals surface area contributed by atoms with Crippen LogP contribution in [0.2, 0.25) is 0 Å². The summed E-state index contributed by atoms with van der Waals surface area (Å²) in [5, 5.41) is 9.95. The second-order valence-corrected chi connectivity index (χ2v) is 4.95. The monoisotopic (exact) mass is 251 g/mol. The SMILES string of the molecule is COc1ccc(CN2C[C@@H](C)O[C@@H](C)C2)c(O)c1. The molecular formula is C14H21NO3. The maximum Gasteiger partial charge on any atom is 0.123 e. The first-order valence-corrected chi connectivity index (χ1v) is 6.32. The van der Waals surface area contributed by atoms with E-state index in [1.54, 1.807) is 13.2 Å². The van der Waals surface area contributed by atoms with Crippen molar-refractivity contribution in [3.8, 4) is 11.5 Å². The molecule has 0 saturated carbocycles. The molecule has 0 spiro atoms. The van der Waals surface area contributed by atoms with E-state index in [4.69, 9.17) is 9.47 Å². The van der Waals surface area contributed by atoms with Gasteiger partial charge in [-0.3, -0.25) is 4.90 Å². The summed E-state index contributed by atoms with van der Waals surface area (Å²) < 4.78 is 10.8. The van der Waals surface area contributed by atoms with Crippen LogP contribution in [0.25, 0.3) is 0 Å². The molecule has 0 radical (unpaired) electrons. The van der Waals surface area contributed by atoms with E-state index in [1.807, 2.05) is 12.1 Å². The highest BCUT2D eigenvalue weighted by Gasteiger charge is 2.22. The van der Waals surface area contributed by atoms with Crippen LogP contribution in [0.3, 0.4) is 0 Å². The fourth-order valence-corrected chi connectivity index (χ4v) is 2.46. The van der Waals surface area contributed by atoms with Gasteiger partial charge in [-0.2, -0.15) is 0 Å². The summed E-state index contributed by atoms with van der Waals surface area (Å²) in [6.07, 6.45) is 0.489. The molecule has 2 rings (SSSR count). The lowest BCUT2D eigenvalue weighted by atomic mass is 10.1. The van der Waals surface area contributed by atoms with Crippen LogP contribution in [0.1, 0.15) is 19.4 Å². The maximum absolute atomic E-state index is 9.95. The van der Waals surface area contributed by atoms with Gasteiger partial charge in [0.15, 0.2) is 0 Å². The van der Waals surface area contributed by atoms with Crippen molar-refractivity contribution < 1.29 is 14.6 Å². The predicted molar refractivity (Wildman–Crippen MR) is 69.9 cm³/mol. The highest BCUT2D eigenvalue weighted by Crippen LogP contribution is 2.25. The molecule has 2 atom stereocenters. The molecule has 0 amide bonds. The molecule has 1 saturated heterocycles. The van der Waals surface area contributed by atoms with Crippen LogP contribution in [0.15, 0.2) is 18.2 Å². The standard InChI is InChI=1S/C14H21NO3/c1-10-7-15(8-11(2)18-10)9-12-4-5-13(17-3)6-14(12)16/h4-6,10-11,16H,7-9H2,1-3H3/t10-,11+. The number of methoxy groups -OCH3 is 1. The molecule has 4 nitrogen and oxygen atoms in total. The molecule has 1 heterocycles. The van der Waals surface area contributed by atoms with E-state index < -0.39 is 0 Å². The van der Waals surface area contributed by atoms with Crippen LogP contribution in [0.4, 0.5) is 0 Å². The summed E-state index contributed by atoms with van der Waals surface area (Å²) in [7, 11) is 1.60. The van der Waals surface area contributed by atoms with Crippen molar-refractivity contribution in [1.82, 2.24) is 4.90 Å². The van der Waals surface area contributed by atoms with Crippen molar-refractivity contribution in [2.75, 3.05) is 20.2 Å². The van der Waals surface area contributed by atoms with E-state index in [-0.39, 0.29) is 12.2 Å². The quantitative estimate of drug-likeness (QED) is 0.892. The van der Waals surface area contributed by atoms with Crippen LogP contribution in [-0.2, 0) is 11.3 Å². The highest BCUT2D eigenvalue weighted by molar-refractivity contribution is 5.39. The summed E-state index contributed by atoms with van der Waals surface area (Å²) >= 11 is 0. The number of phenols is 1. The third-order valence-corrected chi connectivity index (χ3v) is 3.18. The first-order chi connectivity index (χ1) is 8.58. The van der Waals surface area contributed by atoms with Crippen molar-refractivity contribution in [3.05, 3.63) is 23.8 Å². The minimum atomic E-state index is 0.245. The van der Waals surface area contributed by atoms with Crippen LogP contribution < -0.4 is 4.74 Å². The second-order valence-electron chi connectivity index (χ2n) is 4.95. The van der Waals surface area contributed by atoms with Gasteiger partial charge in [0.25, 0.3) is 0 Å². The average Bonchev–Trinajstić information content (AvgIpc) is 2.30. The van der Waals surface area contributed by atoms with Crippen molar-refractivity contribution in [3.63, 3.8) is 0 Å². The predicted octanol–water partition coefficient (Wildman–Crippen LogP) is 2.01. The topological polar surface area (TPSA) is 41.9 Å². The van der Waals surface area contributed by atoms with Crippen molar-refractivity contribution in [2.24, 2.45) is 0 Å². The Balaban J connectivity index is 2.04. The third-order valence-electron chi connectivity index (χ3n) is 3.18. The normalized spacial score (nSPS) is 25.1. The Morgan fingerprint density at radius 3 is 2.56 bits per heavy atom. The van der Waals surface area contributed by atoms with Crippen LogP contribution in [0.5, 0.6) is 11.5 Å². The molecule has 0 aliphatic carbocycles. The molecule has 100 valence electrons. The van der Waals surface area contributed by atoms with Gasteiger partial charge in [0, 0.05) is 31.3 Å². The van der Waals surface area contributed by atoms with E-state index in [0.29, 0.717) is 11.5 Å². The Morgan fingerprint density at radius 2 is 2.00 bits per heavy atom. The second kappa shape index (κ2) is 5.59. The number of hydrogen-bond acceptors (Lipinski definition) is 4. The number of benzene rings is 1. The van der Waals surface area contributed by atoms with E-state index in [9.17, 15) is 5.11 Å². The van der Waals surface area contributed by atoms with Gasteiger partial charge in [0.2, 0.25) is 0 Å². The number of morpholine rings is 1. The van der Waals surface area contributed by atoms with Crippen LogP contribution in [0, 0.1) is 0 Å². The van der Waals surface area contributed by atoms with E-state index in [1.165, 1.54) is 0 Å². The van der Waals surface area contributed by atoms with Gasteiger partial charge in [0.1, 0.15) is 11.5 Å². The van der Waals surface area contributed by atoms with Gasteiger partial charge < -0.3 is 14.6 Å². The molecule has 1 aromatic carbocycles. The summed E-state index contributed by atoms with van der Waals surface area (Å²) in [6, 6.07) is 5.45. The van der Waals surface area contributed by atoms with E-state index >= 15 is 0 Å². The molecule has 1 aromatic rings. The molecule has 0 bridgehead atoms. The summed E-state index contributed by atoms with van der Waals surface area (Å²) in [5.74, 6) is 0.973. The van der Waals surface area contributed by atoms with Crippen molar-refractivity contribution >= 4 is 0 Å². The molecule has 0 unspecified atom stereocenters. The molecule has 4 heteroatoms. The lowest BCUT2D eigenvalue weighted by Crippen LogP contribution is -2.44. The van der Waals surface area contributed by atoms with Crippen molar-refractivity contribution in [1.29, 1.82) is 0 Å². The summed E-state index contributed by atoms with van der Waals surface area (Å²) in [6.45, 7) is 6.70. The minimum absolute atomic E-state index is 0.245. The number of phenolic OH excluding ortho intramolecular Hbond substituents is 1. The van der Waals surface area contributed by atoms with E-state index in [2.05, 4.69) is 18.7 Å². The number of rotatable bonds is 3. The lowest BCUT2D eigenvalue weighted by molar-refractivity contribution is -0.0706. The van der Waals surface area contributed by atoms with Crippen LogP contribution in [-0.4, -0.2) is 42.4 Å². The Labute approximate surface area is 108 Å². The van der Waals surface area contributed by atoms with Crippen LogP contribution >= 0.6 is 0 Å². The Hall–Kier alpha value is -1.26. The smallest absolute Gasteiger partial charge is 0.123 e. The Kier molecular flexibility index (Phi) is 4.09. The minimum Gasteiger partial charge on any atom is -0.507 e. The molecule has 18 heavy (non-hydrogen) atoms. The molecule has 1 aliphatic rings. The van der Waals surface area contributed by atoms with Gasteiger partial charge in [-0.25, -0.2) is 0 Å². The molecule has 1 fully saturated rings. The number of aromatic hydroxyl groups is 1. The fourth-order valence-electron chi connectivity index (χ4n) is 2.46. The number of hydrogen-bond donors (Lipinski definition) is 1. The van der Waals surface area contributed by atoms with Gasteiger partial charge in [-0.15, -0.1) is 0 Å². The first-order valence-electron chi connectivity index (χ1n) is 6.32. The molecule has 0 aromatic heterocycles. The zero-order valence-corrected chi connectivity index (χ0v) is 11.2. The van der Waals surface area contributed by atoms with Gasteiger partial charge in [-0.05, 0) is 19.9 Å². The molecule has 1 N–H and O–H groups in total. The molecular weight excluding hydrogens is 230 g/mol. The number of nitrogens with zero attached hydrogens (tertiary/aromatic N) is 1. The zero-order chi connectivity index (χ0) is 13.1. The largest absolute Gasteiger partial charge is 0.507 e. The van der Waals surface area contributed by atoms with Gasteiger partial charge in [-0.1, -0.05) is 6.07 Å². The summed E-state index contributed by atoms with van der Waals surface area (Å²) in [5.41, 5.74) is 0.928. The zero-order valence-electron chi connectivity index (χ0n) is 11.2. The highest BCUT2D eigenvalue weighted by atomic mass is 16.5. The van der Waals surface area contributed by atoms with Gasteiger partial charge in [0.05, 0.1) is 19.3 Å². The number of ether oxygens (including phenoxy) is 2. The molecule has 1 aliphatic heterocycles. The third kappa shape index (κ3) is 3.15. The Bertz CT molecular complexity index is 398. The lowest BCUT2D eigenvalue weighted by Gasteiger charge is -2.35. The Morgan fingerprint density at radius 1 is 1.33 bits per heavy atom. The van der Waals surface area contributed by atoms with E-state index in [0.717, 1.165) is 25.2 Å².